The van der Waals surface area contributed by atoms with Crippen LogP contribution in [0.3, 0.4) is 0 Å². The van der Waals surface area contributed by atoms with Crippen molar-refractivity contribution < 1.29 is 13.5 Å². The number of rotatable bonds is 7. The van der Waals surface area contributed by atoms with Crippen molar-refractivity contribution in [1.82, 2.24) is 5.32 Å². The van der Waals surface area contributed by atoms with E-state index in [0.717, 1.165) is 25.9 Å². The quantitative estimate of drug-likeness (QED) is 0.699. The molecule has 1 rings (SSSR count). The molecule has 0 amide bonds. The van der Waals surface area contributed by atoms with Crippen LogP contribution in [0.2, 0.25) is 0 Å². The Kier molecular flexibility index (Phi) is 6.34. The molecule has 1 fully saturated rings. The Hall–Kier alpha value is -0.220. The summed E-state index contributed by atoms with van der Waals surface area (Å²) in [6.45, 7) is 3.40. The standard InChI is InChI=1S/C13H25F2NO/c1-3-17-8-6-12(16-2)9-11-5-4-7-13(14,15)10-11/h11-12,16H,3-10H2,1-2H3. The SMILES string of the molecule is CCOCCC(CC1CCCC(F)(F)C1)NC. The summed E-state index contributed by atoms with van der Waals surface area (Å²) in [6, 6.07) is 0.306. The van der Waals surface area contributed by atoms with E-state index in [2.05, 4.69) is 5.32 Å². The van der Waals surface area contributed by atoms with Gasteiger partial charge in [0.2, 0.25) is 5.92 Å². The molecular formula is C13H25F2NO. The van der Waals surface area contributed by atoms with Crippen LogP contribution in [-0.4, -0.2) is 32.2 Å². The number of nitrogens with one attached hydrogen (secondary N) is 1. The van der Waals surface area contributed by atoms with Gasteiger partial charge in [-0.15, -0.1) is 0 Å². The number of ether oxygens (including phenoxy) is 1. The van der Waals surface area contributed by atoms with Crippen LogP contribution >= 0.6 is 0 Å². The van der Waals surface area contributed by atoms with Crippen molar-refractivity contribution in [3.8, 4) is 0 Å². The Morgan fingerprint density at radius 3 is 2.82 bits per heavy atom. The van der Waals surface area contributed by atoms with Crippen molar-refractivity contribution in [1.29, 1.82) is 0 Å². The average Bonchev–Trinajstić information content (AvgIpc) is 2.26. The van der Waals surface area contributed by atoms with Crippen LogP contribution in [0, 0.1) is 5.92 Å². The maximum Gasteiger partial charge on any atom is 0.248 e. The molecule has 0 bridgehead atoms. The molecule has 17 heavy (non-hydrogen) atoms. The first-order valence-electron chi connectivity index (χ1n) is 6.70. The number of hydrogen-bond donors (Lipinski definition) is 1. The minimum atomic E-state index is -2.43. The van der Waals surface area contributed by atoms with Crippen LogP contribution < -0.4 is 5.32 Å². The first-order valence-corrected chi connectivity index (χ1v) is 6.70. The Bertz CT molecular complexity index is 212. The van der Waals surface area contributed by atoms with Gasteiger partial charge in [0.25, 0.3) is 0 Å². The van der Waals surface area contributed by atoms with Crippen LogP contribution in [0.4, 0.5) is 8.78 Å². The Morgan fingerprint density at radius 1 is 1.47 bits per heavy atom. The van der Waals surface area contributed by atoms with Gasteiger partial charge in [-0.1, -0.05) is 0 Å². The second-order valence-electron chi connectivity index (χ2n) is 5.03. The number of alkyl halides is 2. The van der Waals surface area contributed by atoms with E-state index in [-0.39, 0.29) is 18.8 Å². The summed E-state index contributed by atoms with van der Waals surface area (Å²) in [5.74, 6) is -2.26. The molecule has 0 saturated heterocycles. The number of halogens is 2. The van der Waals surface area contributed by atoms with Crippen molar-refractivity contribution in [2.45, 2.75) is 57.4 Å². The van der Waals surface area contributed by atoms with Gasteiger partial charge in [-0.05, 0) is 45.6 Å². The van der Waals surface area contributed by atoms with Crippen molar-refractivity contribution in [2.24, 2.45) is 5.92 Å². The van der Waals surface area contributed by atoms with Gasteiger partial charge in [0.05, 0.1) is 0 Å². The van der Waals surface area contributed by atoms with Gasteiger partial charge < -0.3 is 10.1 Å². The summed E-state index contributed by atoms with van der Waals surface area (Å²) < 4.78 is 31.8. The molecule has 0 aliphatic heterocycles. The zero-order valence-electron chi connectivity index (χ0n) is 11.0. The molecule has 0 heterocycles. The van der Waals surface area contributed by atoms with Gasteiger partial charge in [-0.25, -0.2) is 8.78 Å². The molecule has 0 aromatic carbocycles. The molecule has 2 nitrogen and oxygen atoms in total. The lowest BCUT2D eigenvalue weighted by atomic mass is 9.82. The molecule has 1 N–H and O–H groups in total. The third-order valence-electron chi connectivity index (χ3n) is 3.58. The van der Waals surface area contributed by atoms with Crippen LogP contribution in [0.15, 0.2) is 0 Å². The smallest absolute Gasteiger partial charge is 0.248 e. The molecule has 102 valence electrons. The monoisotopic (exact) mass is 249 g/mol. The summed E-state index contributed by atoms with van der Waals surface area (Å²) in [5.41, 5.74) is 0. The molecule has 1 saturated carbocycles. The van der Waals surface area contributed by atoms with E-state index in [1.165, 1.54) is 0 Å². The van der Waals surface area contributed by atoms with Crippen molar-refractivity contribution >= 4 is 0 Å². The molecule has 2 atom stereocenters. The minimum absolute atomic E-state index is 0.0693. The van der Waals surface area contributed by atoms with E-state index in [9.17, 15) is 8.78 Å². The summed E-state index contributed by atoms with van der Waals surface area (Å²) in [7, 11) is 1.90. The van der Waals surface area contributed by atoms with E-state index >= 15 is 0 Å². The molecule has 2 unspecified atom stereocenters. The summed E-state index contributed by atoms with van der Waals surface area (Å²) in [6.07, 6.45) is 3.51. The molecule has 0 aromatic heterocycles. The molecule has 0 radical (unpaired) electrons. The number of hydrogen-bond acceptors (Lipinski definition) is 2. The maximum atomic E-state index is 13.3. The van der Waals surface area contributed by atoms with E-state index in [1.54, 1.807) is 0 Å². The fraction of sp³-hybridized carbons (Fsp3) is 1.00. The zero-order chi connectivity index (χ0) is 12.7. The normalized spacial score (nSPS) is 25.8. The molecular weight excluding hydrogens is 224 g/mol. The van der Waals surface area contributed by atoms with Gasteiger partial charge in [-0.3, -0.25) is 0 Å². The van der Waals surface area contributed by atoms with Crippen molar-refractivity contribution in [3.63, 3.8) is 0 Å². The van der Waals surface area contributed by atoms with Gasteiger partial charge >= 0.3 is 0 Å². The van der Waals surface area contributed by atoms with Crippen molar-refractivity contribution in [2.75, 3.05) is 20.3 Å². The second-order valence-corrected chi connectivity index (χ2v) is 5.03. The predicted molar refractivity (Wildman–Crippen MR) is 65.5 cm³/mol. The summed E-state index contributed by atoms with van der Waals surface area (Å²) >= 11 is 0. The van der Waals surface area contributed by atoms with E-state index in [0.29, 0.717) is 19.1 Å². The van der Waals surface area contributed by atoms with Gasteiger partial charge in [0, 0.05) is 32.1 Å². The fourth-order valence-electron chi connectivity index (χ4n) is 2.63. The zero-order valence-corrected chi connectivity index (χ0v) is 11.0. The Labute approximate surface area is 103 Å². The molecule has 0 aromatic rings. The first kappa shape index (κ1) is 14.8. The topological polar surface area (TPSA) is 21.3 Å². The van der Waals surface area contributed by atoms with Gasteiger partial charge in [0.1, 0.15) is 0 Å². The summed E-state index contributed by atoms with van der Waals surface area (Å²) in [4.78, 5) is 0. The predicted octanol–water partition coefficient (Wildman–Crippen LogP) is 3.22. The lowest BCUT2D eigenvalue weighted by Crippen LogP contribution is -2.33. The van der Waals surface area contributed by atoms with Gasteiger partial charge in [-0.2, -0.15) is 0 Å². The Morgan fingerprint density at radius 2 is 2.24 bits per heavy atom. The van der Waals surface area contributed by atoms with Crippen molar-refractivity contribution in [3.05, 3.63) is 0 Å². The largest absolute Gasteiger partial charge is 0.382 e. The lowest BCUT2D eigenvalue weighted by molar-refractivity contribution is -0.0550. The molecule has 1 aliphatic rings. The lowest BCUT2D eigenvalue weighted by Gasteiger charge is -2.31. The molecule has 1 aliphatic carbocycles. The van der Waals surface area contributed by atoms with E-state index < -0.39 is 5.92 Å². The molecule has 4 heteroatoms. The van der Waals surface area contributed by atoms with Crippen LogP contribution in [0.1, 0.15) is 45.4 Å². The fourth-order valence-corrected chi connectivity index (χ4v) is 2.63. The maximum absolute atomic E-state index is 13.3. The second kappa shape index (κ2) is 7.27. The van der Waals surface area contributed by atoms with E-state index in [1.807, 2.05) is 14.0 Å². The third-order valence-corrected chi connectivity index (χ3v) is 3.58. The van der Waals surface area contributed by atoms with E-state index in [4.69, 9.17) is 4.74 Å². The third kappa shape index (κ3) is 5.77. The molecule has 0 spiro atoms. The highest BCUT2D eigenvalue weighted by atomic mass is 19.3. The van der Waals surface area contributed by atoms with Gasteiger partial charge in [0.15, 0.2) is 0 Å². The highest BCUT2D eigenvalue weighted by molar-refractivity contribution is 4.81. The van der Waals surface area contributed by atoms with Crippen LogP contribution in [0.5, 0.6) is 0 Å². The summed E-state index contributed by atoms with van der Waals surface area (Å²) in [5, 5.41) is 3.21. The minimum Gasteiger partial charge on any atom is -0.382 e. The highest BCUT2D eigenvalue weighted by Gasteiger charge is 2.36. The first-order chi connectivity index (χ1) is 8.07. The van der Waals surface area contributed by atoms with Crippen LogP contribution in [-0.2, 0) is 4.74 Å². The van der Waals surface area contributed by atoms with Crippen LogP contribution in [0.25, 0.3) is 0 Å². The average molecular weight is 249 g/mol. The highest BCUT2D eigenvalue weighted by Crippen LogP contribution is 2.38. The Balaban J connectivity index is 2.29.